The summed E-state index contributed by atoms with van der Waals surface area (Å²) in [6, 6.07) is 8.18. The molecule has 0 fully saturated rings. The van der Waals surface area contributed by atoms with E-state index >= 15 is 0 Å². The van der Waals surface area contributed by atoms with E-state index in [4.69, 9.17) is 0 Å². The number of aromatic nitrogens is 2. The molecular weight excluding hydrogens is 312 g/mol. The summed E-state index contributed by atoms with van der Waals surface area (Å²) in [6.45, 7) is 6.17. The number of hydrogen-bond acceptors (Lipinski definition) is 3. The number of carboxylic acids is 1. The van der Waals surface area contributed by atoms with E-state index in [1.54, 1.807) is 25.4 Å². The molecule has 2 aromatic rings. The zero-order valence-corrected chi connectivity index (χ0v) is 15.4. The van der Waals surface area contributed by atoms with Crippen LogP contribution in [0.25, 0.3) is 11.4 Å². The van der Waals surface area contributed by atoms with Crippen LogP contribution in [0.3, 0.4) is 0 Å². The van der Waals surface area contributed by atoms with Crippen LogP contribution in [0.15, 0.2) is 36.7 Å². The molecule has 2 unspecified atom stereocenters. The van der Waals surface area contributed by atoms with E-state index in [0.29, 0.717) is 18.2 Å². The van der Waals surface area contributed by atoms with E-state index in [2.05, 4.69) is 42.0 Å². The molecule has 0 spiro atoms. The molecule has 0 bridgehead atoms. The Morgan fingerprint density at radius 1 is 1.20 bits per heavy atom. The number of carboxylic acid groups (broad SMARTS) is 1. The van der Waals surface area contributed by atoms with Crippen LogP contribution in [0.1, 0.15) is 63.5 Å². The van der Waals surface area contributed by atoms with Crippen LogP contribution in [0.4, 0.5) is 0 Å². The number of benzene rings is 1. The molecule has 4 heteroatoms. The van der Waals surface area contributed by atoms with Gasteiger partial charge in [-0.1, -0.05) is 45.7 Å². The smallest absolute Gasteiger partial charge is 0.306 e. The molecule has 0 saturated carbocycles. The summed E-state index contributed by atoms with van der Waals surface area (Å²) in [5.74, 6) is -0.0237. The van der Waals surface area contributed by atoms with Crippen LogP contribution in [0.2, 0.25) is 0 Å². The molecule has 2 rings (SSSR count). The minimum Gasteiger partial charge on any atom is -0.481 e. The Balaban J connectivity index is 2.42. The fraction of sp³-hybridized carbons (Fsp3) is 0.476. The van der Waals surface area contributed by atoms with Gasteiger partial charge < -0.3 is 5.11 Å². The maximum Gasteiger partial charge on any atom is 0.306 e. The fourth-order valence-corrected chi connectivity index (χ4v) is 3.15. The fourth-order valence-electron chi connectivity index (χ4n) is 3.15. The first-order valence-electron chi connectivity index (χ1n) is 9.19. The summed E-state index contributed by atoms with van der Waals surface area (Å²) in [6.07, 6.45) is 8.62. The van der Waals surface area contributed by atoms with Gasteiger partial charge in [0.25, 0.3) is 0 Å². The minimum atomic E-state index is -0.779. The number of unbranched alkanes of at least 4 members (excludes halogenated alkanes) is 1. The lowest BCUT2D eigenvalue weighted by Gasteiger charge is -2.18. The van der Waals surface area contributed by atoms with Crippen LogP contribution >= 0.6 is 0 Å². The normalized spacial score (nSPS) is 13.4. The van der Waals surface area contributed by atoms with Gasteiger partial charge in [-0.25, -0.2) is 9.97 Å². The third kappa shape index (κ3) is 5.12. The molecule has 2 atom stereocenters. The van der Waals surface area contributed by atoms with E-state index < -0.39 is 11.9 Å². The summed E-state index contributed by atoms with van der Waals surface area (Å²) < 4.78 is 0. The van der Waals surface area contributed by atoms with Crippen molar-refractivity contribution < 1.29 is 9.90 Å². The van der Waals surface area contributed by atoms with Crippen molar-refractivity contribution in [1.82, 2.24) is 9.97 Å². The second-order valence-electron chi connectivity index (χ2n) is 6.68. The van der Waals surface area contributed by atoms with E-state index in [1.165, 1.54) is 24.8 Å². The van der Waals surface area contributed by atoms with Crippen molar-refractivity contribution in [2.45, 2.75) is 58.8 Å². The van der Waals surface area contributed by atoms with Gasteiger partial charge >= 0.3 is 5.97 Å². The summed E-state index contributed by atoms with van der Waals surface area (Å²) in [7, 11) is 0. The molecule has 4 nitrogen and oxygen atoms in total. The van der Waals surface area contributed by atoms with Gasteiger partial charge in [0.15, 0.2) is 5.82 Å². The molecular formula is C21H28N2O2. The molecule has 134 valence electrons. The Kier molecular flexibility index (Phi) is 7.11. The zero-order valence-electron chi connectivity index (χ0n) is 15.4. The standard InChI is InChI=1S/C21H28N2O2/c1-4-6-8-16(5-2)17-9-10-18(13-15(3)21(24)25)19(14-17)20-22-11-7-12-23-20/h7,9-12,14-16H,4-6,8,13H2,1-3H3,(H,24,25). The van der Waals surface area contributed by atoms with Crippen molar-refractivity contribution in [3.63, 3.8) is 0 Å². The molecule has 1 heterocycles. The second-order valence-corrected chi connectivity index (χ2v) is 6.68. The highest BCUT2D eigenvalue weighted by molar-refractivity contribution is 5.71. The number of hydrogen-bond donors (Lipinski definition) is 1. The van der Waals surface area contributed by atoms with Gasteiger partial charge in [0.2, 0.25) is 0 Å². The molecule has 0 aliphatic heterocycles. The van der Waals surface area contributed by atoms with E-state index in [1.807, 2.05) is 0 Å². The number of nitrogens with zero attached hydrogens (tertiary/aromatic N) is 2. The number of carbonyl (C=O) groups is 1. The van der Waals surface area contributed by atoms with Gasteiger partial charge in [-0.3, -0.25) is 4.79 Å². The molecule has 0 aliphatic carbocycles. The molecule has 1 aromatic heterocycles. The van der Waals surface area contributed by atoms with Gasteiger partial charge in [0.05, 0.1) is 5.92 Å². The Hall–Kier alpha value is -2.23. The highest BCUT2D eigenvalue weighted by atomic mass is 16.4. The highest BCUT2D eigenvalue weighted by Gasteiger charge is 2.18. The Morgan fingerprint density at radius 3 is 2.52 bits per heavy atom. The van der Waals surface area contributed by atoms with Crippen molar-refractivity contribution in [1.29, 1.82) is 0 Å². The van der Waals surface area contributed by atoms with E-state index in [9.17, 15) is 9.90 Å². The first kappa shape index (κ1) is 19.1. The third-order valence-electron chi connectivity index (χ3n) is 4.76. The van der Waals surface area contributed by atoms with Crippen molar-refractivity contribution in [3.8, 4) is 11.4 Å². The predicted octanol–water partition coefficient (Wildman–Crippen LogP) is 5.09. The molecule has 0 amide bonds. The van der Waals surface area contributed by atoms with Crippen molar-refractivity contribution in [2.75, 3.05) is 0 Å². The first-order chi connectivity index (χ1) is 12.1. The average molecular weight is 340 g/mol. The Bertz CT molecular complexity index is 686. The maximum absolute atomic E-state index is 11.3. The van der Waals surface area contributed by atoms with Gasteiger partial charge in [-0.2, -0.15) is 0 Å². The monoisotopic (exact) mass is 340 g/mol. The largest absolute Gasteiger partial charge is 0.481 e. The molecule has 0 aliphatic rings. The first-order valence-corrected chi connectivity index (χ1v) is 9.19. The Labute approximate surface area is 150 Å². The molecule has 1 aromatic carbocycles. The molecule has 0 saturated heterocycles. The summed E-state index contributed by atoms with van der Waals surface area (Å²) in [4.78, 5) is 20.0. The van der Waals surface area contributed by atoms with Gasteiger partial charge in [-0.15, -0.1) is 0 Å². The van der Waals surface area contributed by atoms with Crippen LogP contribution in [-0.2, 0) is 11.2 Å². The number of rotatable bonds is 9. The SMILES string of the molecule is CCCCC(CC)c1ccc(CC(C)C(=O)O)c(-c2ncccn2)c1. The van der Waals surface area contributed by atoms with E-state index in [0.717, 1.165) is 17.5 Å². The Morgan fingerprint density at radius 2 is 1.92 bits per heavy atom. The van der Waals surface area contributed by atoms with Crippen molar-refractivity contribution in [3.05, 3.63) is 47.8 Å². The average Bonchev–Trinajstić information content (AvgIpc) is 2.63. The van der Waals surface area contributed by atoms with Crippen molar-refractivity contribution >= 4 is 5.97 Å². The van der Waals surface area contributed by atoms with Crippen LogP contribution in [-0.4, -0.2) is 21.0 Å². The third-order valence-corrected chi connectivity index (χ3v) is 4.76. The maximum atomic E-state index is 11.3. The molecule has 25 heavy (non-hydrogen) atoms. The summed E-state index contributed by atoms with van der Waals surface area (Å²) >= 11 is 0. The van der Waals surface area contributed by atoms with Crippen LogP contribution in [0, 0.1) is 5.92 Å². The number of aliphatic carboxylic acids is 1. The highest BCUT2D eigenvalue weighted by Crippen LogP contribution is 2.31. The lowest BCUT2D eigenvalue weighted by atomic mass is 9.87. The topological polar surface area (TPSA) is 63.1 Å². The zero-order chi connectivity index (χ0) is 18.2. The van der Waals surface area contributed by atoms with Gasteiger partial charge in [0.1, 0.15) is 0 Å². The van der Waals surface area contributed by atoms with E-state index in [-0.39, 0.29) is 0 Å². The second kappa shape index (κ2) is 9.30. The van der Waals surface area contributed by atoms with Crippen LogP contribution < -0.4 is 0 Å². The van der Waals surface area contributed by atoms with Gasteiger partial charge in [0, 0.05) is 18.0 Å². The lowest BCUT2D eigenvalue weighted by Crippen LogP contribution is -2.13. The quantitative estimate of drug-likeness (QED) is 0.690. The minimum absolute atomic E-state index is 0.435. The van der Waals surface area contributed by atoms with Gasteiger partial charge in [-0.05, 0) is 48.4 Å². The summed E-state index contributed by atoms with van der Waals surface area (Å²) in [5.41, 5.74) is 3.25. The summed E-state index contributed by atoms with van der Waals surface area (Å²) in [5, 5.41) is 9.25. The van der Waals surface area contributed by atoms with Crippen LogP contribution in [0.5, 0.6) is 0 Å². The predicted molar refractivity (Wildman–Crippen MR) is 101 cm³/mol. The molecule has 1 N–H and O–H groups in total. The molecule has 0 radical (unpaired) electrons. The lowest BCUT2D eigenvalue weighted by molar-refractivity contribution is -0.141. The van der Waals surface area contributed by atoms with Crippen molar-refractivity contribution in [2.24, 2.45) is 5.92 Å².